The predicted octanol–water partition coefficient (Wildman–Crippen LogP) is 3.66. The summed E-state index contributed by atoms with van der Waals surface area (Å²) in [6.45, 7) is 2.40. The van der Waals surface area contributed by atoms with Crippen LogP contribution in [0.3, 0.4) is 0 Å². The minimum atomic E-state index is -0.281. The second-order valence-corrected chi connectivity index (χ2v) is 5.34. The van der Waals surface area contributed by atoms with E-state index >= 15 is 0 Å². The van der Waals surface area contributed by atoms with Crippen LogP contribution >= 0.6 is 15.9 Å². The summed E-state index contributed by atoms with van der Waals surface area (Å²) in [5.41, 5.74) is 9.09. The summed E-state index contributed by atoms with van der Waals surface area (Å²) in [6, 6.07) is 13.0. The van der Waals surface area contributed by atoms with Crippen molar-refractivity contribution < 1.29 is 4.79 Å². The van der Waals surface area contributed by atoms with Crippen molar-refractivity contribution in [1.82, 2.24) is 5.32 Å². The zero-order valence-electron chi connectivity index (χ0n) is 11.1. The number of halogens is 1. The smallest absolute Gasteiger partial charge is 0.319 e. The Morgan fingerprint density at radius 3 is 2.70 bits per heavy atom. The molecule has 0 bridgehead atoms. The van der Waals surface area contributed by atoms with Crippen molar-refractivity contribution in [3.63, 3.8) is 0 Å². The molecular formula is C15H16BrN3O. The SMILES string of the molecule is Cc1ccc(NC(=O)NCc2ccccc2Br)c(N)c1. The molecule has 0 saturated heterocycles. The Morgan fingerprint density at radius 1 is 1.25 bits per heavy atom. The summed E-state index contributed by atoms with van der Waals surface area (Å²) in [6.07, 6.45) is 0. The third-order valence-corrected chi connectivity index (χ3v) is 3.63. The van der Waals surface area contributed by atoms with Crippen LogP contribution in [0.5, 0.6) is 0 Å². The first-order valence-electron chi connectivity index (χ1n) is 6.20. The number of nitrogens with two attached hydrogens (primary N) is 1. The molecule has 0 spiro atoms. The lowest BCUT2D eigenvalue weighted by atomic mass is 10.2. The van der Waals surface area contributed by atoms with Gasteiger partial charge in [0.05, 0.1) is 11.4 Å². The van der Waals surface area contributed by atoms with Crippen molar-refractivity contribution in [3.8, 4) is 0 Å². The Hall–Kier alpha value is -2.01. The second kappa shape index (κ2) is 6.43. The maximum atomic E-state index is 11.8. The van der Waals surface area contributed by atoms with E-state index in [2.05, 4.69) is 26.6 Å². The third-order valence-electron chi connectivity index (χ3n) is 2.85. The molecule has 0 radical (unpaired) electrons. The molecule has 2 amide bonds. The van der Waals surface area contributed by atoms with Gasteiger partial charge in [-0.3, -0.25) is 0 Å². The van der Waals surface area contributed by atoms with E-state index in [1.807, 2.05) is 43.3 Å². The molecular weight excluding hydrogens is 318 g/mol. The van der Waals surface area contributed by atoms with Crippen LogP contribution in [0.25, 0.3) is 0 Å². The second-order valence-electron chi connectivity index (χ2n) is 4.49. The van der Waals surface area contributed by atoms with E-state index in [4.69, 9.17) is 5.73 Å². The summed E-state index contributed by atoms with van der Waals surface area (Å²) in [7, 11) is 0. The molecule has 0 fully saturated rings. The highest BCUT2D eigenvalue weighted by Crippen LogP contribution is 2.19. The molecule has 0 aliphatic carbocycles. The average molecular weight is 334 g/mol. The Balaban J connectivity index is 1.94. The van der Waals surface area contributed by atoms with E-state index in [0.29, 0.717) is 17.9 Å². The fourth-order valence-electron chi connectivity index (χ4n) is 1.78. The zero-order valence-corrected chi connectivity index (χ0v) is 12.7. The lowest BCUT2D eigenvalue weighted by Gasteiger charge is -2.11. The van der Waals surface area contributed by atoms with Gasteiger partial charge in [0.15, 0.2) is 0 Å². The molecule has 2 aromatic carbocycles. The monoisotopic (exact) mass is 333 g/mol. The molecule has 0 atom stereocenters. The van der Waals surface area contributed by atoms with Crippen LogP contribution in [-0.2, 0) is 6.54 Å². The molecule has 20 heavy (non-hydrogen) atoms. The van der Waals surface area contributed by atoms with Gasteiger partial charge in [0.2, 0.25) is 0 Å². The molecule has 0 heterocycles. The van der Waals surface area contributed by atoms with Crippen LogP contribution in [0.4, 0.5) is 16.2 Å². The fraction of sp³-hybridized carbons (Fsp3) is 0.133. The van der Waals surface area contributed by atoms with E-state index in [1.165, 1.54) is 0 Å². The fourth-order valence-corrected chi connectivity index (χ4v) is 2.20. The summed E-state index contributed by atoms with van der Waals surface area (Å²) in [4.78, 5) is 11.8. The highest BCUT2D eigenvalue weighted by molar-refractivity contribution is 9.10. The van der Waals surface area contributed by atoms with Crippen LogP contribution in [0, 0.1) is 6.92 Å². The molecule has 0 aliphatic rings. The number of rotatable bonds is 3. The highest BCUT2D eigenvalue weighted by atomic mass is 79.9. The third kappa shape index (κ3) is 3.74. The quantitative estimate of drug-likeness (QED) is 0.750. The van der Waals surface area contributed by atoms with Gasteiger partial charge in [-0.15, -0.1) is 0 Å². The number of carbonyl (C=O) groups is 1. The van der Waals surface area contributed by atoms with Crippen LogP contribution in [0.15, 0.2) is 46.9 Å². The van der Waals surface area contributed by atoms with Crippen LogP contribution in [-0.4, -0.2) is 6.03 Å². The van der Waals surface area contributed by atoms with Crippen LogP contribution in [0.1, 0.15) is 11.1 Å². The number of nitrogens with one attached hydrogen (secondary N) is 2. The van der Waals surface area contributed by atoms with E-state index in [9.17, 15) is 4.79 Å². The van der Waals surface area contributed by atoms with Crippen molar-refractivity contribution in [2.75, 3.05) is 11.1 Å². The van der Waals surface area contributed by atoms with Crippen molar-refractivity contribution in [2.24, 2.45) is 0 Å². The van der Waals surface area contributed by atoms with Crippen LogP contribution < -0.4 is 16.4 Å². The molecule has 2 rings (SSSR count). The number of carbonyl (C=O) groups excluding carboxylic acids is 1. The van der Waals surface area contributed by atoms with E-state index < -0.39 is 0 Å². The van der Waals surface area contributed by atoms with Crippen molar-refractivity contribution in [2.45, 2.75) is 13.5 Å². The standard InChI is InChI=1S/C15H16BrN3O/c1-10-6-7-14(13(17)8-10)19-15(20)18-9-11-4-2-3-5-12(11)16/h2-8H,9,17H2,1H3,(H2,18,19,20). The van der Waals surface area contributed by atoms with Gasteiger partial charge < -0.3 is 16.4 Å². The number of urea groups is 1. The van der Waals surface area contributed by atoms with Gasteiger partial charge in [-0.1, -0.05) is 40.2 Å². The number of nitrogen functional groups attached to an aromatic ring is 1. The van der Waals surface area contributed by atoms with Crippen molar-refractivity contribution >= 4 is 33.3 Å². The van der Waals surface area contributed by atoms with Crippen LogP contribution in [0.2, 0.25) is 0 Å². The summed E-state index contributed by atoms with van der Waals surface area (Å²) in [5, 5.41) is 5.53. The zero-order chi connectivity index (χ0) is 14.5. The summed E-state index contributed by atoms with van der Waals surface area (Å²) >= 11 is 3.44. The van der Waals surface area contributed by atoms with Gasteiger partial charge >= 0.3 is 6.03 Å². The minimum absolute atomic E-state index is 0.281. The Bertz CT molecular complexity index is 628. The average Bonchev–Trinajstić information content (AvgIpc) is 2.41. The Kier molecular flexibility index (Phi) is 4.63. The number of benzene rings is 2. The van der Waals surface area contributed by atoms with E-state index in [1.54, 1.807) is 6.07 Å². The summed E-state index contributed by atoms with van der Waals surface area (Å²) < 4.78 is 0.968. The van der Waals surface area contributed by atoms with Gasteiger partial charge in [-0.25, -0.2) is 4.79 Å². The first-order valence-corrected chi connectivity index (χ1v) is 7.00. The lowest BCUT2D eigenvalue weighted by molar-refractivity contribution is 0.251. The maximum Gasteiger partial charge on any atom is 0.319 e. The highest BCUT2D eigenvalue weighted by Gasteiger charge is 2.05. The predicted molar refractivity (Wildman–Crippen MR) is 85.6 cm³/mol. The van der Waals surface area contributed by atoms with Crippen molar-refractivity contribution in [3.05, 3.63) is 58.1 Å². The molecule has 0 aliphatic heterocycles. The number of hydrogen-bond acceptors (Lipinski definition) is 2. The molecule has 2 aromatic rings. The molecule has 0 unspecified atom stereocenters. The first-order chi connectivity index (χ1) is 9.56. The normalized spacial score (nSPS) is 10.1. The van der Waals surface area contributed by atoms with Gasteiger partial charge in [-0.2, -0.15) is 0 Å². The summed E-state index contributed by atoms with van der Waals surface area (Å²) in [5.74, 6) is 0. The number of amides is 2. The lowest BCUT2D eigenvalue weighted by Crippen LogP contribution is -2.28. The van der Waals surface area contributed by atoms with Gasteiger partial charge in [-0.05, 0) is 36.2 Å². The number of hydrogen-bond donors (Lipinski definition) is 3. The molecule has 0 aromatic heterocycles. The van der Waals surface area contributed by atoms with Gasteiger partial charge in [0, 0.05) is 11.0 Å². The first kappa shape index (κ1) is 14.4. The largest absolute Gasteiger partial charge is 0.397 e. The Labute approximate surface area is 126 Å². The molecule has 4 N–H and O–H groups in total. The van der Waals surface area contributed by atoms with Crippen molar-refractivity contribution in [1.29, 1.82) is 0 Å². The number of aryl methyl sites for hydroxylation is 1. The molecule has 0 saturated carbocycles. The Morgan fingerprint density at radius 2 is 2.00 bits per heavy atom. The van der Waals surface area contributed by atoms with Gasteiger partial charge in [0.1, 0.15) is 0 Å². The molecule has 4 nitrogen and oxygen atoms in total. The van der Waals surface area contributed by atoms with E-state index in [-0.39, 0.29) is 6.03 Å². The molecule has 104 valence electrons. The maximum absolute atomic E-state index is 11.8. The van der Waals surface area contributed by atoms with Gasteiger partial charge in [0.25, 0.3) is 0 Å². The number of anilines is 2. The topological polar surface area (TPSA) is 67.2 Å². The minimum Gasteiger partial charge on any atom is -0.397 e. The molecule has 5 heteroatoms. The van der Waals surface area contributed by atoms with E-state index in [0.717, 1.165) is 15.6 Å².